The van der Waals surface area contributed by atoms with Crippen LogP contribution in [0.3, 0.4) is 0 Å². The number of hydrogen-bond acceptors (Lipinski definition) is 1. The number of pyridine rings is 1. The predicted molar refractivity (Wildman–Crippen MR) is 49.6 cm³/mol. The van der Waals surface area contributed by atoms with Crippen molar-refractivity contribution in [2.24, 2.45) is 0 Å². The Balaban J connectivity index is 0.000000461. The highest BCUT2D eigenvalue weighted by Gasteiger charge is 1.86. The maximum absolute atomic E-state index is 4.17. The van der Waals surface area contributed by atoms with Crippen molar-refractivity contribution in [2.45, 2.75) is 33.6 Å². The lowest BCUT2D eigenvalue weighted by Gasteiger charge is -1.92. The molecule has 0 aliphatic heterocycles. The first kappa shape index (κ1) is 10.2. The van der Waals surface area contributed by atoms with Gasteiger partial charge in [0, 0.05) is 11.9 Å². The summed E-state index contributed by atoms with van der Waals surface area (Å²) in [5.41, 5.74) is 1.19. The predicted octanol–water partition coefficient (Wildman–Crippen LogP) is 3.06. The Bertz CT molecular complexity index is 158. The van der Waals surface area contributed by atoms with Gasteiger partial charge in [0.2, 0.25) is 0 Å². The molecule has 62 valence electrons. The average Bonchev–Trinajstić information content (AvgIpc) is 2.11. The molecule has 1 rings (SSSR count). The molecule has 11 heavy (non-hydrogen) atoms. The van der Waals surface area contributed by atoms with Gasteiger partial charge in [0.15, 0.2) is 0 Å². The van der Waals surface area contributed by atoms with Crippen LogP contribution >= 0.6 is 0 Å². The summed E-state index contributed by atoms with van der Waals surface area (Å²) in [6.07, 6.45) is 4.11. The Kier molecular flexibility index (Phi) is 6.70. The minimum Gasteiger partial charge on any atom is -0.261 e. The molecule has 1 heterocycles. The van der Waals surface area contributed by atoms with E-state index in [9.17, 15) is 0 Å². The molecule has 0 unspecified atom stereocenters. The van der Waals surface area contributed by atoms with Gasteiger partial charge in [-0.1, -0.05) is 33.3 Å². The van der Waals surface area contributed by atoms with Gasteiger partial charge in [-0.05, 0) is 18.6 Å². The van der Waals surface area contributed by atoms with Crippen molar-refractivity contribution in [1.29, 1.82) is 0 Å². The number of aromatic nitrogens is 1. The van der Waals surface area contributed by atoms with E-state index in [2.05, 4.69) is 18.0 Å². The zero-order valence-electron chi connectivity index (χ0n) is 7.67. The molecule has 0 aliphatic carbocycles. The van der Waals surface area contributed by atoms with Gasteiger partial charge in [-0.3, -0.25) is 4.98 Å². The van der Waals surface area contributed by atoms with E-state index >= 15 is 0 Å². The SMILES string of the molecule is CC.CCCc1ccccn1. The van der Waals surface area contributed by atoms with Crippen LogP contribution in [0, 0.1) is 0 Å². The van der Waals surface area contributed by atoms with Crippen molar-refractivity contribution in [3.05, 3.63) is 30.1 Å². The molecular weight excluding hydrogens is 134 g/mol. The largest absolute Gasteiger partial charge is 0.261 e. The fraction of sp³-hybridized carbons (Fsp3) is 0.500. The first-order chi connectivity index (χ1) is 5.43. The Labute approximate surface area is 69.5 Å². The standard InChI is InChI=1S/C8H11N.C2H6/c1-2-5-8-6-3-4-7-9-8;1-2/h3-4,6-7H,2,5H2,1H3;1-2H3. The summed E-state index contributed by atoms with van der Waals surface area (Å²) in [4.78, 5) is 4.17. The van der Waals surface area contributed by atoms with E-state index in [1.165, 1.54) is 12.1 Å². The molecule has 1 nitrogen and oxygen atoms in total. The van der Waals surface area contributed by atoms with Crippen LogP contribution in [-0.4, -0.2) is 4.98 Å². The zero-order valence-corrected chi connectivity index (χ0v) is 7.67. The van der Waals surface area contributed by atoms with Crippen molar-refractivity contribution < 1.29 is 0 Å². The van der Waals surface area contributed by atoms with Gasteiger partial charge in [-0.25, -0.2) is 0 Å². The third kappa shape index (κ3) is 4.54. The van der Waals surface area contributed by atoms with Crippen molar-refractivity contribution in [2.75, 3.05) is 0 Å². The van der Waals surface area contributed by atoms with Crippen molar-refractivity contribution in [3.63, 3.8) is 0 Å². The van der Waals surface area contributed by atoms with Crippen molar-refractivity contribution >= 4 is 0 Å². The van der Waals surface area contributed by atoms with Gasteiger partial charge < -0.3 is 0 Å². The second-order valence-corrected chi connectivity index (χ2v) is 2.07. The van der Waals surface area contributed by atoms with E-state index in [1.54, 1.807) is 0 Å². The lowest BCUT2D eigenvalue weighted by atomic mass is 10.2. The van der Waals surface area contributed by atoms with E-state index in [1.807, 2.05) is 32.2 Å². The van der Waals surface area contributed by atoms with E-state index in [4.69, 9.17) is 0 Å². The second-order valence-electron chi connectivity index (χ2n) is 2.07. The lowest BCUT2D eigenvalue weighted by molar-refractivity contribution is 0.883. The average molecular weight is 151 g/mol. The molecule has 0 aromatic carbocycles. The fourth-order valence-electron chi connectivity index (χ4n) is 0.802. The summed E-state index contributed by atoms with van der Waals surface area (Å²) in [6.45, 7) is 6.16. The Morgan fingerprint density at radius 1 is 1.27 bits per heavy atom. The quantitative estimate of drug-likeness (QED) is 0.633. The summed E-state index contributed by atoms with van der Waals surface area (Å²) in [5, 5.41) is 0. The van der Waals surface area contributed by atoms with E-state index in [0.29, 0.717) is 0 Å². The summed E-state index contributed by atoms with van der Waals surface area (Å²) < 4.78 is 0. The van der Waals surface area contributed by atoms with Gasteiger partial charge in [0.25, 0.3) is 0 Å². The van der Waals surface area contributed by atoms with Crippen LogP contribution in [0.4, 0.5) is 0 Å². The molecule has 0 radical (unpaired) electrons. The number of rotatable bonds is 2. The van der Waals surface area contributed by atoms with Gasteiger partial charge >= 0.3 is 0 Å². The molecule has 1 aromatic rings. The molecule has 1 aromatic heterocycles. The fourth-order valence-corrected chi connectivity index (χ4v) is 0.802. The van der Waals surface area contributed by atoms with Crippen molar-refractivity contribution in [1.82, 2.24) is 4.98 Å². The van der Waals surface area contributed by atoms with E-state index in [0.717, 1.165) is 6.42 Å². The van der Waals surface area contributed by atoms with Crippen LogP contribution in [-0.2, 0) is 6.42 Å². The number of nitrogens with zero attached hydrogens (tertiary/aromatic N) is 1. The molecular formula is C10H17N. The summed E-state index contributed by atoms with van der Waals surface area (Å²) in [7, 11) is 0. The minimum atomic E-state index is 1.10. The molecule has 0 saturated carbocycles. The zero-order chi connectivity index (χ0) is 8.53. The van der Waals surface area contributed by atoms with Gasteiger partial charge in [-0.2, -0.15) is 0 Å². The maximum atomic E-state index is 4.17. The third-order valence-corrected chi connectivity index (χ3v) is 1.23. The molecule has 0 saturated heterocycles. The molecule has 0 atom stereocenters. The summed E-state index contributed by atoms with van der Waals surface area (Å²) in [6, 6.07) is 6.03. The molecule has 0 N–H and O–H groups in total. The van der Waals surface area contributed by atoms with Crippen LogP contribution in [0.25, 0.3) is 0 Å². The molecule has 0 spiro atoms. The number of hydrogen-bond donors (Lipinski definition) is 0. The number of aryl methyl sites for hydroxylation is 1. The highest BCUT2D eigenvalue weighted by Crippen LogP contribution is 1.95. The van der Waals surface area contributed by atoms with Gasteiger partial charge in [-0.15, -0.1) is 0 Å². The van der Waals surface area contributed by atoms with Crippen LogP contribution in [0.1, 0.15) is 32.9 Å². The van der Waals surface area contributed by atoms with Gasteiger partial charge in [0.05, 0.1) is 0 Å². The normalized spacial score (nSPS) is 8.27. The first-order valence-corrected chi connectivity index (χ1v) is 4.33. The van der Waals surface area contributed by atoms with Gasteiger partial charge in [0.1, 0.15) is 0 Å². The summed E-state index contributed by atoms with van der Waals surface area (Å²) >= 11 is 0. The smallest absolute Gasteiger partial charge is 0.0403 e. The highest BCUT2D eigenvalue weighted by atomic mass is 14.7. The molecule has 0 aliphatic rings. The monoisotopic (exact) mass is 151 g/mol. The Morgan fingerprint density at radius 2 is 2.00 bits per heavy atom. The van der Waals surface area contributed by atoms with Crippen LogP contribution < -0.4 is 0 Å². The topological polar surface area (TPSA) is 12.9 Å². The maximum Gasteiger partial charge on any atom is 0.0403 e. The third-order valence-electron chi connectivity index (χ3n) is 1.23. The van der Waals surface area contributed by atoms with E-state index in [-0.39, 0.29) is 0 Å². The van der Waals surface area contributed by atoms with Crippen LogP contribution in [0.2, 0.25) is 0 Å². The Hall–Kier alpha value is -0.850. The molecule has 1 heteroatoms. The van der Waals surface area contributed by atoms with E-state index < -0.39 is 0 Å². The minimum absolute atomic E-state index is 1.10. The highest BCUT2D eigenvalue weighted by molar-refractivity contribution is 5.02. The lowest BCUT2D eigenvalue weighted by Crippen LogP contribution is -1.84. The molecule has 0 fully saturated rings. The first-order valence-electron chi connectivity index (χ1n) is 4.33. The van der Waals surface area contributed by atoms with Crippen molar-refractivity contribution in [3.8, 4) is 0 Å². The van der Waals surface area contributed by atoms with Crippen LogP contribution in [0.5, 0.6) is 0 Å². The molecule has 0 amide bonds. The molecule has 0 bridgehead atoms. The second kappa shape index (κ2) is 7.26. The Morgan fingerprint density at radius 3 is 2.45 bits per heavy atom. The summed E-state index contributed by atoms with van der Waals surface area (Å²) in [5.74, 6) is 0. The van der Waals surface area contributed by atoms with Crippen LogP contribution in [0.15, 0.2) is 24.4 Å².